The Kier molecular flexibility index (Phi) is 3.59. The third-order valence-corrected chi connectivity index (χ3v) is 4.53. The number of hydrogen-bond donors (Lipinski definition) is 0. The number of allylic oxidation sites excluding steroid dienone is 1. The first-order chi connectivity index (χ1) is 4.97. The molecule has 0 aliphatic carbocycles. The van der Waals surface area contributed by atoms with Crippen LogP contribution in [0.25, 0.3) is 6.08 Å². The smallest absolute Gasteiger partial charge is 0 e. The van der Waals surface area contributed by atoms with Crippen LogP contribution < -0.4 is 3.61 Å². The third-order valence-electron chi connectivity index (χ3n) is 1.55. The van der Waals surface area contributed by atoms with E-state index in [1.54, 1.807) is 3.61 Å². The summed E-state index contributed by atoms with van der Waals surface area (Å²) in [6.07, 6.45) is 4.54. The summed E-state index contributed by atoms with van der Waals surface area (Å²) >= 11 is 0.143. The molecule has 1 aliphatic heterocycles. The minimum Gasteiger partial charge on any atom is 0 e. The molecule has 0 bridgehead atoms. The third kappa shape index (κ3) is 2.06. The van der Waals surface area contributed by atoms with Crippen LogP contribution in [0, 0.1) is 0 Å². The maximum atomic E-state index is 2.30. The van der Waals surface area contributed by atoms with Crippen molar-refractivity contribution in [1.29, 1.82) is 0 Å². The van der Waals surface area contributed by atoms with Crippen LogP contribution in [0.3, 0.4) is 0 Å². The average Bonchev–Trinajstić information content (AvgIpc) is 2.05. The first kappa shape index (κ1) is 9.27. The Morgan fingerprint density at radius 3 is 2.82 bits per heavy atom. The number of hydrogen-bond acceptors (Lipinski definition) is 0. The van der Waals surface area contributed by atoms with Crippen molar-refractivity contribution in [2.75, 3.05) is 0 Å². The minimum absolute atomic E-state index is 0. The van der Waals surface area contributed by atoms with Gasteiger partial charge in [0.1, 0.15) is 0 Å². The maximum absolute atomic E-state index is 2.30. The maximum Gasteiger partial charge on any atom is 0 e. The molecule has 1 aliphatic rings. The molecule has 1 aromatic carbocycles. The molecule has 0 spiro atoms. The van der Waals surface area contributed by atoms with Gasteiger partial charge >= 0.3 is 71.0 Å². The van der Waals surface area contributed by atoms with Crippen molar-refractivity contribution < 1.29 is 0 Å². The zero-order valence-electron chi connectivity index (χ0n) is 6.03. The van der Waals surface area contributed by atoms with E-state index in [0.29, 0.717) is 0 Å². The average molecular weight is 275 g/mol. The summed E-state index contributed by atoms with van der Waals surface area (Å²) in [5.41, 5.74) is 1.45. The summed E-state index contributed by atoms with van der Waals surface area (Å²) in [6.45, 7) is 0. The van der Waals surface area contributed by atoms with Crippen LogP contribution in [-0.2, 0) is 0 Å². The summed E-state index contributed by atoms with van der Waals surface area (Å²) in [7, 11) is 0. The van der Waals surface area contributed by atoms with Crippen LogP contribution in [0.15, 0.2) is 30.3 Å². The summed E-state index contributed by atoms with van der Waals surface area (Å²) < 4.78 is 2.96. The fourth-order valence-electron chi connectivity index (χ4n) is 1.06. The standard InChI is InChI=1S/C9H8Te.P/c1-2-6-9-8(4-1)5-3-7-10-9;/h1-6H,7H2;. The van der Waals surface area contributed by atoms with Crippen LogP contribution >= 0.6 is 9.90 Å². The SMILES string of the molecule is C1=Cc2ccccc2[Te]C1.[P]. The van der Waals surface area contributed by atoms with Gasteiger partial charge in [-0.3, -0.25) is 0 Å². The van der Waals surface area contributed by atoms with E-state index in [2.05, 4.69) is 36.4 Å². The Balaban J connectivity index is 0.000000605. The zero-order chi connectivity index (χ0) is 6.81. The van der Waals surface area contributed by atoms with Gasteiger partial charge in [-0.15, -0.1) is 0 Å². The van der Waals surface area contributed by atoms with Crippen molar-refractivity contribution in [3.05, 3.63) is 35.9 Å². The molecule has 3 radical (unpaired) electrons. The molecule has 0 nitrogen and oxygen atoms in total. The van der Waals surface area contributed by atoms with E-state index < -0.39 is 0 Å². The molecule has 0 amide bonds. The quantitative estimate of drug-likeness (QED) is 0.503. The van der Waals surface area contributed by atoms with Gasteiger partial charge in [-0.25, -0.2) is 0 Å². The molecular formula is C9H8PTe. The van der Waals surface area contributed by atoms with Gasteiger partial charge in [0, 0.05) is 9.90 Å². The molecular weight excluding hydrogens is 267 g/mol. The minimum atomic E-state index is 0. The normalized spacial score (nSPS) is 13.5. The summed E-state index contributed by atoms with van der Waals surface area (Å²) in [4.78, 5) is 0. The van der Waals surface area contributed by atoms with Crippen molar-refractivity contribution in [3.8, 4) is 0 Å². The van der Waals surface area contributed by atoms with E-state index in [1.807, 2.05) is 0 Å². The van der Waals surface area contributed by atoms with Gasteiger partial charge in [0.2, 0.25) is 0 Å². The fraction of sp³-hybridized carbons (Fsp3) is 0.111. The van der Waals surface area contributed by atoms with Crippen molar-refractivity contribution >= 4 is 40.5 Å². The number of rotatable bonds is 0. The number of fused-ring (bicyclic) bond motifs is 1. The second-order valence-corrected chi connectivity index (χ2v) is 5.28. The van der Waals surface area contributed by atoms with E-state index in [-0.39, 0.29) is 30.8 Å². The van der Waals surface area contributed by atoms with Crippen molar-refractivity contribution in [1.82, 2.24) is 0 Å². The van der Waals surface area contributed by atoms with E-state index in [0.717, 1.165) is 0 Å². The monoisotopic (exact) mass is 277 g/mol. The van der Waals surface area contributed by atoms with E-state index in [9.17, 15) is 0 Å². The van der Waals surface area contributed by atoms with Gasteiger partial charge in [-0.05, 0) is 0 Å². The first-order valence-electron chi connectivity index (χ1n) is 3.35. The molecule has 0 atom stereocenters. The zero-order valence-corrected chi connectivity index (χ0v) is 9.25. The second-order valence-electron chi connectivity index (χ2n) is 2.25. The van der Waals surface area contributed by atoms with Crippen LogP contribution in [0.1, 0.15) is 5.56 Å². The predicted molar refractivity (Wildman–Crippen MR) is 52.6 cm³/mol. The molecule has 11 heavy (non-hydrogen) atoms. The fourth-order valence-corrected chi connectivity index (χ4v) is 3.49. The topological polar surface area (TPSA) is 0 Å². The van der Waals surface area contributed by atoms with Crippen LogP contribution in [0.4, 0.5) is 0 Å². The molecule has 1 aromatic rings. The van der Waals surface area contributed by atoms with Crippen LogP contribution in [0.5, 0.6) is 0 Å². The molecule has 0 fully saturated rings. The second kappa shape index (κ2) is 4.27. The molecule has 0 aromatic heterocycles. The Hall–Kier alpha value is 0.180. The molecule has 2 rings (SSSR count). The molecule has 0 N–H and O–H groups in total. The van der Waals surface area contributed by atoms with Crippen molar-refractivity contribution in [2.45, 2.75) is 4.47 Å². The number of benzene rings is 1. The summed E-state index contributed by atoms with van der Waals surface area (Å²) in [6, 6.07) is 8.72. The van der Waals surface area contributed by atoms with E-state index >= 15 is 0 Å². The van der Waals surface area contributed by atoms with Crippen molar-refractivity contribution in [2.24, 2.45) is 0 Å². The molecule has 1 heterocycles. The predicted octanol–water partition coefficient (Wildman–Crippen LogP) is 2.32. The summed E-state index contributed by atoms with van der Waals surface area (Å²) in [5.74, 6) is 0. The van der Waals surface area contributed by atoms with E-state index in [4.69, 9.17) is 0 Å². The Labute approximate surface area is 80.8 Å². The Morgan fingerprint density at radius 1 is 1.18 bits per heavy atom. The van der Waals surface area contributed by atoms with Gasteiger partial charge in [0.05, 0.1) is 0 Å². The van der Waals surface area contributed by atoms with Crippen LogP contribution in [0.2, 0.25) is 4.47 Å². The van der Waals surface area contributed by atoms with Gasteiger partial charge < -0.3 is 0 Å². The Bertz CT molecular complexity index is 268. The van der Waals surface area contributed by atoms with E-state index in [1.165, 1.54) is 10.0 Å². The molecule has 0 saturated carbocycles. The van der Waals surface area contributed by atoms with Gasteiger partial charge in [0.25, 0.3) is 0 Å². The molecule has 0 saturated heterocycles. The largest absolute Gasteiger partial charge is 0 e. The summed E-state index contributed by atoms with van der Waals surface area (Å²) in [5, 5.41) is 0. The van der Waals surface area contributed by atoms with Crippen LogP contribution in [-0.4, -0.2) is 20.9 Å². The Morgan fingerprint density at radius 2 is 2.00 bits per heavy atom. The first-order valence-corrected chi connectivity index (χ1v) is 6.16. The molecule has 55 valence electrons. The van der Waals surface area contributed by atoms with Gasteiger partial charge in [-0.1, -0.05) is 0 Å². The van der Waals surface area contributed by atoms with Gasteiger partial charge in [-0.2, -0.15) is 0 Å². The van der Waals surface area contributed by atoms with Gasteiger partial charge in [0.15, 0.2) is 0 Å². The molecule has 0 unspecified atom stereocenters. The molecule has 2 heteroatoms. The van der Waals surface area contributed by atoms with Crippen molar-refractivity contribution in [3.63, 3.8) is 0 Å².